The normalized spacial score (nSPS) is 13.6. The Hall–Kier alpha value is -2.20. The summed E-state index contributed by atoms with van der Waals surface area (Å²) in [6, 6.07) is 14.9. The Labute approximate surface area is 152 Å². The minimum absolute atomic E-state index is 0.103. The molecule has 0 bridgehead atoms. The molecule has 4 heteroatoms. The largest absolute Gasteiger partial charge is 0.342 e. The van der Waals surface area contributed by atoms with Crippen LogP contribution >= 0.6 is 11.3 Å². The van der Waals surface area contributed by atoms with Crippen LogP contribution in [0.3, 0.4) is 0 Å². The van der Waals surface area contributed by atoms with Crippen LogP contribution in [0.15, 0.2) is 42.5 Å². The number of aromatic amines is 1. The van der Waals surface area contributed by atoms with Gasteiger partial charge < -0.3 is 4.98 Å². The maximum Gasteiger partial charge on any atom is 0.110 e. The van der Waals surface area contributed by atoms with Crippen LogP contribution in [-0.4, -0.2) is 15.0 Å². The SMILES string of the molecule is CC(Cc1ccc2nc(C(C)(C)C)sc2c1)c1nc2ccccc2[nH]1. The van der Waals surface area contributed by atoms with Crippen molar-refractivity contribution in [3.63, 3.8) is 0 Å². The highest BCUT2D eigenvalue weighted by Crippen LogP contribution is 2.32. The zero-order chi connectivity index (χ0) is 17.6. The molecule has 4 rings (SSSR count). The molecule has 1 N–H and O–H groups in total. The monoisotopic (exact) mass is 349 g/mol. The summed E-state index contributed by atoms with van der Waals surface area (Å²) in [5, 5.41) is 1.20. The standard InChI is InChI=1S/C21H23N3S/c1-13(19-22-15-7-5-6-8-16(15)23-19)11-14-9-10-17-18(12-14)25-20(24-17)21(2,3)4/h5-10,12-13H,11H2,1-4H3,(H,22,23). The van der Waals surface area contributed by atoms with Crippen molar-refractivity contribution in [2.45, 2.75) is 45.4 Å². The summed E-state index contributed by atoms with van der Waals surface area (Å²) in [5.74, 6) is 1.40. The van der Waals surface area contributed by atoms with Gasteiger partial charge in [-0.1, -0.05) is 45.9 Å². The van der Waals surface area contributed by atoms with E-state index >= 15 is 0 Å². The fourth-order valence-corrected chi connectivity index (χ4v) is 4.16. The van der Waals surface area contributed by atoms with Crippen molar-refractivity contribution in [2.75, 3.05) is 0 Å². The maximum absolute atomic E-state index is 4.79. The van der Waals surface area contributed by atoms with Gasteiger partial charge in [0.15, 0.2) is 0 Å². The number of rotatable bonds is 3. The number of nitrogens with zero attached hydrogens (tertiary/aromatic N) is 2. The first-order valence-corrected chi connectivity index (χ1v) is 9.56. The Kier molecular flexibility index (Phi) is 3.88. The second-order valence-electron chi connectivity index (χ2n) is 7.82. The molecule has 0 aliphatic heterocycles. The number of aromatic nitrogens is 3. The molecule has 2 aromatic carbocycles. The highest BCUT2D eigenvalue weighted by molar-refractivity contribution is 7.18. The van der Waals surface area contributed by atoms with Crippen molar-refractivity contribution < 1.29 is 0 Å². The van der Waals surface area contributed by atoms with Gasteiger partial charge in [-0.05, 0) is 36.2 Å². The van der Waals surface area contributed by atoms with Crippen LogP contribution in [0, 0.1) is 0 Å². The summed E-state index contributed by atoms with van der Waals surface area (Å²) < 4.78 is 1.28. The molecule has 0 radical (unpaired) electrons. The van der Waals surface area contributed by atoms with Crippen molar-refractivity contribution in [1.82, 2.24) is 15.0 Å². The van der Waals surface area contributed by atoms with Crippen molar-refractivity contribution in [3.05, 3.63) is 58.9 Å². The van der Waals surface area contributed by atoms with Crippen LogP contribution in [0.1, 0.15) is 50.0 Å². The summed E-state index contributed by atoms with van der Waals surface area (Å²) in [7, 11) is 0. The van der Waals surface area contributed by atoms with E-state index in [4.69, 9.17) is 9.97 Å². The molecule has 4 aromatic rings. The first-order chi connectivity index (χ1) is 11.9. The third kappa shape index (κ3) is 3.19. The van der Waals surface area contributed by atoms with Crippen molar-refractivity contribution in [2.24, 2.45) is 0 Å². The van der Waals surface area contributed by atoms with Gasteiger partial charge in [0, 0.05) is 11.3 Å². The Bertz CT molecular complexity index is 1000. The van der Waals surface area contributed by atoms with Gasteiger partial charge in [-0.2, -0.15) is 0 Å². The first kappa shape index (κ1) is 16.3. The van der Waals surface area contributed by atoms with E-state index in [0.29, 0.717) is 5.92 Å². The highest BCUT2D eigenvalue weighted by atomic mass is 32.1. The molecule has 1 atom stereocenters. The van der Waals surface area contributed by atoms with E-state index in [1.54, 1.807) is 0 Å². The Balaban J connectivity index is 1.61. The second kappa shape index (κ2) is 5.95. The highest BCUT2D eigenvalue weighted by Gasteiger charge is 2.19. The minimum Gasteiger partial charge on any atom is -0.342 e. The summed E-state index contributed by atoms with van der Waals surface area (Å²) >= 11 is 1.81. The van der Waals surface area contributed by atoms with Gasteiger partial charge in [0.05, 0.1) is 26.3 Å². The van der Waals surface area contributed by atoms with E-state index in [-0.39, 0.29) is 5.41 Å². The van der Waals surface area contributed by atoms with Gasteiger partial charge in [0.2, 0.25) is 0 Å². The minimum atomic E-state index is 0.103. The number of imidazole rings is 1. The number of hydrogen-bond acceptors (Lipinski definition) is 3. The molecule has 25 heavy (non-hydrogen) atoms. The first-order valence-electron chi connectivity index (χ1n) is 8.75. The summed E-state index contributed by atoms with van der Waals surface area (Å²) in [6.45, 7) is 8.88. The van der Waals surface area contributed by atoms with Crippen molar-refractivity contribution >= 4 is 32.6 Å². The van der Waals surface area contributed by atoms with E-state index < -0.39 is 0 Å². The summed E-state index contributed by atoms with van der Waals surface area (Å²) in [5.41, 5.74) is 4.69. The number of thiazole rings is 1. The Morgan fingerprint density at radius 3 is 2.60 bits per heavy atom. The molecule has 2 heterocycles. The smallest absolute Gasteiger partial charge is 0.110 e. The molecular weight excluding hydrogens is 326 g/mol. The Morgan fingerprint density at radius 1 is 1.04 bits per heavy atom. The van der Waals surface area contributed by atoms with E-state index in [1.807, 2.05) is 23.5 Å². The zero-order valence-electron chi connectivity index (χ0n) is 15.1. The third-order valence-corrected chi connectivity index (χ3v) is 5.95. The van der Waals surface area contributed by atoms with E-state index in [1.165, 1.54) is 15.3 Å². The molecular formula is C21H23N3S. The number of nitrogens with one attached hydrogen (secondary N) is 1. The Morgan fingerprint density at radius 2 is 1.84 bits per heavy atom. The van der Waals surface area contributed by atoms with Crippen LogP contribution in [-0.2, 0) is 11.8 Å². The van der Waals surface area contributed by atoms with Crippen LogP contribution in [0.25, 0.3) is 21.3 Å². The predicted octanol–water partition coefficient (Wildman–Crippen LogP) is 5.82. The average Bonchev–Trinajstić information content (AvgIpc) is 3.18. The van der Waals surface area contributed by atoms with Crippen LogP contribution in [0.2, 0.25) is 0 Å². The number of benzene rings is 2. The lowest BCUT2D eigenvalue weighted by molar-refractivity contribution is 0.587. The number of para-hydroxylation sites is 2. The molecule has 0 spiro atoms. The lowest BCUT2D eigenvalue weighted by Gasteiger charge is -2.13. The molecule has 2 aromatic heterocycles. The lowest BCUT2D eigenvalue weighted by Crippen LogP contribution is -2.09. The van der Waals surface area contributed by atoms with Gasteiger partial charge >= 0.3 is 0 Å². The molecule has 0 aliphatic carbocycles. The van der Waals surface area contributed by atoms with Crippen molar-refractivity contribution in [1.29, 1.82) is 0 Å². The lowest BCUT2D eigenvalue weighted by atomic mass is 9.98. The zero-order valence-corrected chi connectivity index (χ0v) is 15.9. The molecule has 3 nitrogen and oxygen atoms in total. The van der Waals surface area contributed by atoms with Crippen molar-refractivity contribution in [3.8, 4) is 0 Å². The van der Waals surface area contributed by atoms with E-state index in [0.717, 1.165) is 28.8 Å². The van der Waals surface area contributed by atoms with Gasteiger partial charge in [-0.3, -0.25) is 0 Å². The molecule has 0 amide bonds. The van der Waals surface area contributed by atoms with Gasteiger partial charge in [-0.25, -0.2) is 9.97 Å². The number of fused-ring (bicyclic) bond motifs is 2. The number of H-pyrrole nitrogens is 1. The fourth-order valence-electron chi connectivity index (χ4n) is 3.07. The quantitative estimate of drug-likeness (QED) is 0.506. The van der Waals surface area contributed by atoms with Gasteiger partial charge in [0.25, 0.3) is 0 Å². The maximum atomic E-state index is 4.79. The fraction of sp³-hybridized carbons (Fsp3) is 0.333. The topological polar surface area (TPSA) is 41.6 Å². The predicted molar refractivity (Wildman–Crippen MR) is 107 cm³/mol. The molecule has 1 unspecified atom stereocenters. The average molecular weight is 350 g/mol. The van der Waals surface area contributed by atoms with E-state index in [9.17, 15) is 0 Å². The second-order valence-corrected chi connectivity index (χ2v) is 8.85. The molecule has 128 valence electrons. The summed E-state index contributed by atoms with van der Waals surface area (Å²) in [4.78, 5) is 13.0. The molecule has 0 aliphatic rings. The van der Waals surface area contributed by atoms with Crippen LogP contribution in [0.4, 0.5) is 0 Å². The summed E-state index contributed by atoms with van der Waals surface area (Å²) in [6.07, 6.45) is 0.971. The van der Waals surface area contributed by atoms with Crippen LogP contribution < -0.4 is 0 Å². The van der Waals surface area contributed by atoms with Crippen LogP contribution in [0.5, 0.6) is 0 Å². The molecule has 0 fully saturated rings. The van der Waals surface area contributed by atoms with Gasteiger partial charge in [-0.15, -0.1) is 11.3 Å². The van der Waals surface area contributed by atoms with E-state index in [2.05, 4.69) is 63.0 Å². The molecule has 0 saturated heterocycles. The van der Waals surface area contributed by atoms with Gasteiger partial charge in [0.1, 0.15) is 5.82 Å². The third-order valence-electron chi connectivity index (χ3n) is 4.51. The number of hydrogen-bond donors (Lipinski definition) is 1. The molecule has 0 saturated carbocycles.